The normalized spacial score (nSPS) is 12.0. The van der Waals surface area contributed by atoms with Crippen LogP contribution in [0, 0.1) is 10.1 Å². The molecule has 0 radical (unpaired) electrons. The highest BCUT2D eigenvalue weighted by molar-refractivity contribution is 7.14. The third-order valence-corrected chi connectivity index (χ3v) is 5.42. The summed E-state index contributed by atoms with van der Waals surface area (Å²) in [6.45, 7) is -0.152. The molecule has 3 aromatic rings. The van der Waals surface area contributed by atoms with Gasteiger partial charge in [-0.05, 0) is 24.1 Å². The zero-order chi connectivity index (χ0) is 20.1. The summed E-state index contributed by atoms with van der Waals surface area (Å²) in [5.41, 5.74) is 8.33. The van der Waals surface area contributed by atoms with Crippen LogP contribution in [0.25, 0.3) is 11.3 Å². The van der Waals surface area contributed by atoms with Gasteiger partial charge in [0.15, 0.2) is 5.13 Å². The van der Waals surface area contributed by atoms with Crippen molar-refractivity contribution in [1.82, 2.24) is 10.4 Å². The van der Waals surface area contributed by atoms with Gasteiger partial charge in [0.2, 0.25) is 0 Å². The van der Waals surface area contributed by atoms with Crippen molar-refractivity contribution in [3.8, 4) is 11.3 Å². The number of nitrogens with one attached hydrogen (secondary N) is 2. The van der Waals surface area contributed by atoms with Crippen LogP contribution < -0.4 is 10.9 Å². The first kappa shape index (κ1) is 20.5. The predicted octanol–water partition coefficient (Wildman–Crippen LogP) is 4.55. The Hall–Kier alpha value is -2.23. The van der Waals surface area contributed by atoms with Crippen molar-refractivity contribution in [3.05, 3.63) is 73.6 Å². The molecule has 0 saturated heterocycles. The van der Waals surface area contributed by atoms with E-state index in [-0.39, 0.29) is 18.3 Å². The number of anilines is 1. The lowest BCUT2D eigenvalue weighted by Gasteiger charge is -2.16. The molecule has 1 heterocycles. The van der Waals surface area contributed by atoms with Crippen LogP contribution in [0.2, 0.25) is 10.0 Å². The summed E-state index contributed by atoms with van der Waals surface area (Å²) in [5.74, 6) is 0. The molecule has 3 N–H and O–H groups in total. The first-order chi connectivity index (χ1) is 13.5. The lowest BCUT2D eigenvalue weighted by atomic mass is 10.1. The van der Waals surface area contributed by atoms with Crippen molar-refractivity contribution < 1.29 is 10.0 Å². The predicted molar refractivity (Wildman–Crippen MR) is 112 cm³/mol. The van der Waals surface area contributed by atoms with Gasteiger partial charge in [-0.1, -0.05) is 41.4 Å². The first-order valence-electron chi connectivity index (χ1n) is 8.23. The molecule has 146 valence electrons. The van der Waals surface area contributed by atoms with E-state index in [1.165, 1.54) is 23.5 Å². The number of aromatic nitrogens is 1. The lowest BCUT2D eigenvalue weighted by Crippen LogP contribution is -2.38. The SMILES string of the molecule is O=[N+]([O-])c1cccc(CC(CO)NNc2nc(-c3ccc(Cl)c(Cl)c3)cs2)c1. The number of nitro groups is 1. The van der Waals surface area contributed by atoms with Gasteiger partial charge < -0.3 is 5.11 Å². The minimum Gasteiger partial charge on any atom is -0.395 e. The number of hydrogen-bond donors (Lipinski definition) is 3. The quantitative estimate of drug-likeness (QED) is 0.352. The highest BCUT2D eigenvalue weighted by Crippen LogP contribution is 2.30. The molecule has 10 heteroatoms. The number of rotatable bonds is 8. The highest BCUT2D eigenvalue weighted by atomic mass is 35.5. The summed E-state index contributed by atoms with van der Waals surface area (Å²) in [5, 5.41) is 23.9. The zero-order valence-electron chi connectivity index (χ0n) is 14.4. The van der Waals surface area contributed by atoms with Crippen molar-refractivity contribution in [3.63, 3.8) is 0 Å². The second-order valence-corrected chi connectivity index (χ2v) is 7.62. The van der Waals surface area contributed by atoms with E-state index in [1.807, 2.05) is 11.4 Å². The smallest absolute Gasteiger partial charge is 0.269 e. The number of aliphatic hydroxyl groups excluding tert-OH is 1. The topological polar surface area (TPSA) is 100 Å². The van der Waals surface area contributed by atoms with E-state index in [0.29, 0.717) is 21.6 Å². The van der Waals surface area contributed by atoms with Crippen LogP contribution in [-0.4, -0.2) is 27.7 Å². The number of aliphatic hydroxyl groups is 1. The fraction of sp³-hybridized carbons (Fsp3) is 0.167. The average Bonchev–Trinajstić information content (AvgIpc) is 3.16. The molecule has 0 fully saturated rings. The summed E-state index contributed by atoms with van der Waals surface area (Å²) in [7, 11) is 0. The second kappa shape index (κ2) is 9.31. The fourth-order valence-corrected chi connectivity index (χ4v) is 3.50. The second-order valence-electron chi connectivity index (χ2n) is 5.95. The van der Waals surface area contributed by atoms with Gasteiger partial charge >= 0.3 is 0 Å². The van der Waals surface area contributed by atoms with Crippen molar-refractivity contribution in [2.75, 3.05) is 12.0 Å². The maximum Gasteiger partial charge on any atom is 0.269 e. The number of benzene rings is 2. The van der Waals surface area contributed by atoms with Crippen molar-refractivity contribution in [1.29, 1.82) is 0 Å². The largest absolute Gasteiger partial charge is 0.395 e. The molecule has 1 atom stereocenters. The van der Waals surface area contributed by atoms with Crippen LogP contribution in [0.4, 0.5) is 10.8 Å². The van der Waals surface area contributed by atoms with Crippen molar-refractivity contribution >= 4 is 45.4 Å². The van der Waals surface area contributed by atoms with E-state index in [2.05, 4.69) is 15.8 Å². The number of hydrazine groups is 1. The van der Waals surface area contributed by atoms with Crippen molar-refractivity contribution in [2.45, 2.75) is 12.5 Å². The molecule has 0 saturated carbocycles. The molecule has 2 aromatic carbocycles. The Morgan fingerprint density at radius 1 is 1.21 bits per heavy atom. The minimum absolute atomic E-state index is 0.0216. The molecule has 0 amide bonds. The van der Waals surface area contributed by atoms with E-state index in [0.717, 1.165) is 16.8 Å². The summed E-state index contributed by atoms with van der Waals surface area (Å²) in [6, 6.07) is 11.3. The van der Waals surface area contributed by atoms with E-state index < -0.39 is 4.92 Å². The number of non-ortho nitro benzene ring substituents is 1. The molecular weight excluding hydrogens is 423 g/mol. The maximum absolute atomic E-state index is 10.9. The Morgan fingerprint density at radius 3 is 2.75 bits per heavy atom. The van der Waals surface area contributed by atoms with Gasteiger partial charge in [-0.15, -0.1) is 11.3 Å². The minimum atomic E-state index is -0.441. The molecular formula is C18H16Cl2N4O3S. The van der Waals surface area contributed by atoms with Gasteiger partial charge in [0.25, 0.3) is 5.69 Å². The molecule has 28 heavy (non-hydrogen) atoms. The molecule has 0 aliphatic heterocycles. The highest BCUT2D eigenvalue weighted by Gasteiger charge is 2.13. The summed E-state index contributed by atoms with van der Waals surface area (Å²) >= 11 is 13.4. The number of thiazole rings is 1. The van der Waals surface area contributed by atoms with Gasteiger partial charge in [0.1, 0.15) is 0 Å². The molecule has 0 spiro atoms. The van der Waals surface area contributed by atoms with Gasteiger partial charge in [-0.25, -0.2) is 10.4 Å². The van der Waals surface area contributed by atoms with Crippen LogP contribution in [0.15, 0.2) is 47.8 Å². The Bertz CT molecular complexity index is 983. The summed E-state index contributed by atoms with van der Waals surface area (Å²) < 4.78 is 0. The van der Waals surface area contributed by atoms with Gasteiger partial charge in [0.05, 0.1) is 33.3 Å². The van der Waals surface area contributed by atoms with Gasteiger partial charge in [-0.3, -0.25) is 15.5 Å². The maximum atomic E-state index is 10.9. The molecule has 0 aliphatic rings. The number of nitrogens with zero attached hydrogens (tertiary/aromatic N) is 2. The van der Waals surface area contributed by atoms with Crippen LogP contribution in [-0.2, 0) is 6.42 Å². The standard InChI is InChI=1S/C18H16Cl2N4O3S/c19-15-5-4-12(8-16(15)20)17-10-28-18(21-17)23-22-13(9-25)6-11-2-1-3-14(7-11)24(26)27/h1-5,7-8,10,13,22,25H,6,9H2,(H,21,23). The van der Waals surface area contributed by atoms with Crippen LogP contribution >= 0.6 is 34.5 Å². The van der Waals surface area contributed by atoms with E-state index >= 15 is 0 Å². The summed E-state index contributed by atoms with van der Waals surface area (Å²) in [6.07, 6.45) is 0.413. The Balaban J connectivity index is 1.62. The van der Waals surface area contributed by atoms with Crippen molar-refractivity contribution in [2.24, 2.45) is 0 Å². The first-order valence-corrected chi connectivity index (χ1v) is 9.86. The van der Waals surface area contributed by atoms with Crippen LogP contribution in [0.5, 0.6) is 0 Å². The van der Waals surface area contributed by atoms with E-state index in [1.54, 1.807) is 24.3 Å². The van der Waals surface area contributed by atoms with Crippen LogP contribution in [0.1, 0.15) is 5.56 Å². The number of hydrogen-bond acceptors (Lipinski definition) is 7. The van der Waals surface area contributed by atoms with E-state index in [9.17, 15) is 15.2 Å². The fourth-order valence-electron chi connectivity index (χ4n) is 2.53. The molecule has 0 bridgehead atoms. The molecule has 3 rings (SSSR count). The molecule has 1 aromatic heterocycles. The Labute approximate surface area is 175 Å². The summed E-state index contributed by atoms with van der Waals surface area (Å²) in [4.78, 5) is 14.9. The Kier molecular flexibility index (Phi) is 6.82. The number of nitro benzene ring substituents is 1. The third-order valence-electron chi connectivity index (χ3n) is 3.93. The van der Waals surface area contributed by atoms with E-state index in [4.69, 9.17) is 23.2 Å². The monoisotopic (exact) mass is 438 g/mol. The average molecular weight is 439 g/mol. The molecule has 0 aliphatic carbocycles. The molecule has 7 nitrogen and oxygen atoms in total. The Morgan fingerprint density at radius 2 is 2.04 bits per heavy atom. The molecule has 1 unspecified atom stereocenters. The third kappa shape index (κ3) is 5.18. The van der Waals surface area contributed by atoms with Crippen LogP contribution in [0.3, 0.4) is 0 Å². The lowest BCUT2D eigenvalue weighted by molar-refractivity contribution is -0.384. The zero-order valence-corrected chi connectivity index (χ0v) is 16.8. The van der Waals surface area contributed by atoms with Gasteiger partial charge in [0, 0.05) is 23.1 Å². The van der Waals surface area contributed by atoms with Gasteiger partial charge in [-0.2, -0.15) is 0 Å². The number of halogens is 2.